The molecule has 1 atom stereocenters. The minimum atomic E-state index is 0.579. The zero-order valence-electron chi connectivity index (χ0n) is 11.0. The Morgan fingerprint density at radius 2 is 1.88 bits per heavy atom. The fourth-order valence-corrected chi connectivity index (χ4v) is 5.12. The van der Waals surface area contributed by atoms with Gasteiger partial charge in [0.25, 0.3) is 0 Å². The fraction of sp³-hybridized carbons (Fsp3) is 0.733. The first-order valence-corrected chi connectivity index (χ1v) is 8.61. The van der Waals surface area contributed by atoms with E-state index < -0.39 is 0 Å². The third kappa shape index (κ3) is 3.82. The summed E-state index contributed by atoms with van der Waals surface area (Å²) in [6, 6.07) is 2.37. The van der Waals surface area contributed by atoms with Crippen LogP contribution in [0, 0.1) is 19.8 Å². The lowest BCUT2D eigenvalue weighted by atomic mass is 9.93. The summed E-state index contributed by atoms with van der Waals surface area (Å²) in [5.41, 5.74) is 1.54. The summed E-state index contributed by atoms with van der Waals surface area (Å²) in [6.07, 6.45) is 10.0. The molecule has 0 aliphatic heterocycles. The quantitative estimate of drug-likeness (QED) is 0.463. The number of aryl methyl sites for hydroxylation is 2. The maximum Gasteiger partial charge on any atom is 0.0408 e. The van der Waals surface area contributed by atoms with E-state index in [1.807, 2.05) is 11.3 Å². The molecule has 0 nitrogen and oxygen atoms in total. The molecular formula is C15H23BrS. The third-order valence-electron chi connectivity index (χ3n) is 3.93. The van der Waals surface area contributed by atoms with Crippen LogP contribution in [0.5, 0.6) is 0 Å². The highest BCUT2D eigenvalue weighted by atomic mass is 79.9. The molecule has 0 bridgehead atoms. The van der Waals surface area contributed by atoms with Crippen molar-refractivity contribution < 1.29 is 0 Å². The Bertz CT molecular complexity index is 348. The van der Waals surface area contributed by atoms with Crippen LogP contribution >= 0.6 is 27.3 Å². The van der Waals surface area contributed by atoms with Crippen LogP contribution in [0.4, 0.5) is 0 Å². The first kappa shape index (κ1) is 13.6. The van der Waals surface area contributed by atoms with E-state index in [4.69, 9.17) is 0 Å². The summed E-state index contributed by atoms with van der Waals surface area (Å²) < 4.78 is 0. The molecular weight excluding hydrogens is 292 g/mol. The average molecular weight is 315 g/mol. The summed E-state index contributed by atoms with van der Waals surface area (Å²) in [5, 5.41) is 0. The lowest BCUT2D eigenvalue weighted by molar-refractivity contribution is 0.427. The van der Waals surface area contributed by atoms with Crippen LogP contribution in [0.1, 0.15) is 65.1 Å². The van der Waals surface area contributed by atoms with E-state index in [1.165, 1.54) is 60.3 Å². The number of halogens is 1. The van der Waals surface area contributed by atoms with E-state index in [0.717, 1.165) is 5.92 Å². The summed E-state index contributed by atoms with van der Waals surface area (Å²) in [4.78, 5) is 3.52. The molecule has 0 N–H and O–H groups in total. The largest absolute Gasteiger partial charge is 0.146 e. The average Bonchev–Trinajstić information content (AvgIpc) is 2.51. The van der Waals surface area contributed by atoms with Gasteiger partial charge in [0.1, 0.15) is 0 Å². The number of hydrogen-bond acceptors (Lipinski definition) is 1. The molecule has 2 rings (SSSR count). The highest BCUT2D eigenvalue weighted by molar-refractivity contribution is 9.09. The van der Waals surface area contributed by atoms with Crippen molar-refractivity contribution in [2.75, 3.05) is 0 Å². The van der Waals surface area contributed by atoms with Crippen LogP contribution in [0.2, 0.25) is 0 Å². The van der Waals surface area contributed by atoms with Gasteiger partial charge in [0.15, 0.2) is 0 Å². The van der Waals surface area contributed by atoms with Gasteiger partial charge in [0.2, 0.25) is 0 Å². The lowest BCUT2D eigenvalue weighted by Crippen LogP contribution is -2.03. The maximum atomic E-state index is 3.92. The Hall–Kier alpha value is 0.180. The zero-order chi connectivity index (χ0) is 12.3. The second kappa shape index (κ2) is 6.38. The van der Waals surface area contributed by atoms with Crippen LogP contribution in [0.25, 0.3) is 0 Å². The van der Waals surface area contributed by atoms with Crippen molar-refractivity contribution in [2.24, 2.45) is 5.92 Å². The molecule has 1 fully saturated rings. The van der Waals surface area contributed by atoms with Crippen LogP contribution in [-0.2, 0) is 0 Å². The zero-order valence-corrected chi connectivity index (χ0v) is 13.4. The van der Waals surface area contributed by atoms with Crippen molar-refractivity contribution in [2.45, 2.75) is 63.6 Å². The Balaban J connectivity index is 1.95. The van der Waals surface area contributed by atoms with Gasteiger partial charge in [-0.1, -0.05) is 54.5 Å². The first-order valence-electron chi connectivity index (χ1n) is 6.88. The van der Waals surface area contributed by atoms with E-state index in [0.29, 0.717) is 4.83 Å². The molecule has 0 saturated heterocycles. The highest BCUT2D eigenvalue weighted by Crippen LogP contribution is 2.39. The normalized spacial score (nSPS) is 20.2. The molecule has 1 saturated carbocycles. The van der Waals surface area contributed by atoms with Crippen molar-refractivity contribution in [3.63, 3.8) is 0 Å². The summed E-state index contributed by atoms with van der Waals surface area (Å²) in [5.74, 6) is 0.946. The van der Waals surface area contributed by atoms with Gasteiger partial charge in [-0.25, -0.2) is 0 Å². The van der Waals surface area contributed by atoms with Gasteiger partial charge in [-0.15, -0.1) is 11.3 Å². The highest BCUT2D eigenvalue weighted by Gasteiger charge is 2.19. The van der Waals surface area contributed by atoms with Crippen molar-refractivity contribution in [3.05, 3.63) is 21.4 Å². The maximum absolute atomic E-state index is 3.92. The topological polar surface area (TPSA) is 0 Å². The molecule has 1 aromatic rings. The van der Waals surface area contributed by atoms with Crippen molar-refractivity contribution in [1.82, 2.24) is 0 Å². The molecule has 96 valence electrons. The van der Waals surface area contributed by atoms with Crippen LogP contribution in [0.3, 0.4) is 0 Å². The molecule has 1 aliphatic carbocycles. The Labute approximate surface area is 118 Å². The van der Waals surface area contributed by atoms with Crippen LogP contribution in [0.15, 0.2) is 6.07 Å². The second-order valence-electron chi connectivity index (χ2n) is 5.43. The van der Waals surface area contributed by atoms with Gasteiger partial charge in [0.05, 0.1) is 0 Å². The van der Waals surface area contributed by atoms with Gasteiger partial charge < -0.3 is 0 Å². The van der Waals surface area contributed by atoms with E-state index in [-0.39, 0.29) is 0 Å². The van der Waals surface area contributed by atoms with Crippen LogP contribution in [-0.4, -0.2) is 0 Å². The van der Waals surface area contributed by atoms with Gasteiger partial charge in [-0.2, -0.15) is 0 Å². The minimum absolute atomic E-state index is 0.579. The smallest absolute Gasteiger partial charge is 0.0408 e. The molecule has 0 amide bonds. The van der Waals surface area contributed by atoms with Gasteiger partial charge in [-0.05, 0) is 37.8 Å². The summed E-state index contributed by atoms with van der Waals surface area (Å²) in [6.45, 7) is 4.47. The number of thiophene rings is 1. The Morgan fingerprint density at radius 1 is 1.24 bits per heavy atom. The minimum Gasteiger partial charge on any atom is -0.146 e. The van der Waals surface area contributed by atoms with Crippen molar-refractivity contribution >= 4 is 27.3 Å². The molecule has 2 heteroatoms. The second-order valence-corrected chi connectivity index (χ2v) is 8.00. The Morgan fingerprint density at radius 3 is 2.41 bits per heavy atom. The SMILES string of the molecule is Cc1cc(C(Br)CC2CCCCCC2)c(C)s1. The molecule has 1 aliphatic rings. The Kier molecular flexibility index (Phi) is 5.10. The number of alkyl halides is 1. The number of rotatable bonds is 3. The van der Waals surface area contributed by atoms with Gasteiger partial charge in [-0.3, -0.25) is 0 Å². The molecule has 1 aromatic heterocycles. The van der Waals surface area contributed by atoms with E-state index in [9.17, 15) is 0 Å². The molecule has 0 aromatic carbocycles. The molecule has 0 spiro atoms. The van der Waals surface area contributed by atoms with Crippen molar-refractivity contribution in [1.29, 1.82) is 0 Å². The predicted molar refractivity (Wildman–Crippen MR) is 81.3 cm³/mol. The summed E-state index contributed by atoms with van der Waals surface area (Å²) >= 11 is 5.85. The van der Waals surface area contributed by atoms with Gasteiger partial charge in [0, 0.05) is 14.6 Å². The monoisotopic (exact) mass is 314 g/mol. The third-order valence-corrected chi connectivity index (χ3v) is 5.78. The van der Waals surface area contributed by atoms with Gasteiger partial charge >= 0.3 is 0 Å². The van der Waals surface area contributed by atoms with Crippen molar-refractivity contribution in [3.8, 4) is 0 Å². The molecule has 1 heterocycles. The molecule has 1 unspecified atom stereocenters. The van der Waals surface area contributed by atoms with Crippen LogP contribution < -0.4 is 0 Å². The van der Waals surface area contributed by atoms with E-state index in [1.54, 1.807) is 0 Å². The van der Waals surface area contributed by atoms with E-state index in [2.05, 4.69) is 35.8 Å². The molecule has 0 radical (unpaired) electrons. The first-order chi connectivity index (χ1) is 8.16. The predicted octanol–water partition coefficient (Wildman–Crippen LogP) is 6.16. The standard InChI is InChI=1S/C15H23BrS/c1-11-9-14(12(2)17-11)15(16)10-13-7-5-3-4-6-8-13/h9,13,15H,3-8,10H2,1-2H3. The van der Waals surface area contributed by atoms with E-state index >= 15 is 0 Å². The molecule has 17 heavy (non-hydrogen) atoms. The fourth-order valence-electron chi connectivity index (χ4n) is 2.98. The number of hydrogen-bond donors (Lipinski definition) is 0. The summed E-state index contributed by atoms with van der Waals surface area (Å²) in [7, 11) is 0. The lowest BCUT2D eigenvalue weighted by Gasteiger charge is -2.18.